The highest BCUT2D eigenvalue weighted by Crippen LogP contribution is 2.22. The number of amides is 1. The van der Waals surface area contributed by atoms with Gasteiger partial charge in [-0.15, -0.1) is 0 Å². The summed E-state index contributed by atoms with van der Waals surface area (Å²) < 4.78 is 5.93. The van der Waals surface area contributed by atoms with Crippen LogP contribution in [0.2, 0.25) is 4.34 Å². The number of hydrogen-bond acceptors (Lipinski definition) is 5. The molecule has 88 valence electrons. The van der Waals surface area contributed by atoms with Gasteiger partial charge in [0.05, 0.1) is 12.8 Å². The Hall–Kier alpha value is -0.690. The molecule has 2 rings (SSSR count). The Kier molecular flexibility index (Phi) is 3.75. The molecule has 16 heavy (non-hydrogen) atoms. The maximum atomic E-state index is 11.8. The van der Waals surface area contributed by atoms with Crippen LogP contribution < -0.4 is 5.32 Å². The van der Waals surface area contributed by atoms with Gasteiger partial charge < -0.3 is 9.64 Å². The predicted octanol–water partition coefficient (Wildman–Crippen LogP) is 1.07. The fraction of sp³-hybridized carbons (Fsp3) is 0.556. The lowest BCUT2D eigenvalue weighted by atomic mass is 10.2. The molecular formula is C9H12ClN3O2S. The zero-order valence-corrected chi connectivity index (χ0v) is 10.3. The summed E-state index contributed by atoms with van der Waals surface area (Å²) in [4.78, 5) is 17.8. The van der Waals surface area contributed by atoms with Crippen molar-refractivity contribution in [3.8, 4) is 0 Å². The summed E-state index contributed by atoms with van der Waals surface area (Å²) in [6.07, 6.45) is 1.08. The summed E-state index contributed by atoms with van der Waals surface area (Å²) in [5.74, 6) is -0.169. The maximum Gasteiger partial charge on any atom is 0.256 e. The van der Waals surface area contributed by atoms with Crippen molar-refractivity contribution < 1.29 is 9.53 Å². The Bertz CT molecular complexity index is 385. The van der Waals surface area contributed by atoms with Crippen LogP contribution in [-0.4, -0.2) is 48.6 Å². The minimum atomic E-state index is -0.429. The molecule has 1 aromatic heterocycles. The smallest absolute Gasteiger partial charge is 0.256 e. The molecule has 1 fully saturated rings. The minimum absolute atomic E-state index is 0.169. The standard InChI is InChI=1S/C9H12ClN3O2S/c1-13-2-3-15-6(5-13)8(14)12-9-11-4-7(10)16-9/h4,6H,2-3,5H2,1H3,(H,11,12,14). The molecule has 0 aromatic carbocycles. The third-order valence-corrected chi connectivity index (χ3v) is 3.30. The topological polar surface area (TPSA) is 54.5 Å². The molecule has 1 atom stereocenters. The van der Waals surface area contributed by atoms with Crippen LogP contribution in [0.5, 0.6) is 0 Å². The van der Waals surface area contributed by atoms with Crippen molar-refractivity contribution >= 4 is 34.0 Å². The fourth-order valence-electron chi connectivity index (χ4n) is 1.43. The average Bonchev–Trinajstić information content (AvgIpc) is 2.64. The normalized spacial score (nSPS) is 22.0. The van der Waals surface area contributed by atoms with E-state index in [0.29, 0.717) is 22.6 Å². The quantitative estimate of drug-likeness (QED) is 0.865. The number of nitrogens with one attached hydrogen (secondary N) is 1. The van der Waals surface area contributed by atoms with Gasteiger partial charge in [-0.1, -0.05) is 22.9 Å². The molecule has 0 radical (unpaired) electrons. The first-order valence-corrected chi connectivity index (χ1v) is 6.07. The summed E-state index contributed by atoms with van der Waals surface area (Å²) in [5, 5.41) is 3.19. The summed E-state index contributed by atoms with van der Waals surface area (Å²) in [7, 11) is 1.96. The van der Waals surface area contributed by atoms with Gasteiger partial charge in [-0.25, -0.2) is 4.98 Å². The summed E-state index contributed by atoms with van der Waals surface area (Å²) >= 11 is 6.95. The molecule has 2 heterocycles. The second-order valence-corrected chi connectivity index (χ2v) is 5.24. The first-order chi connectivity index (χ1) is 7.65. The molecule has 1 N–H and O–H groups in total. The van der Waals surface area contributed by atoms with E-state index < -0.39 is 6.10 Å². The number of rotatable bonds is 2. The van der Waals surface area contributed by atoms with Gasteiger partial charge in [0.15, 0.2) is 5.13 Å². The highest BCUT2D eigenvalue weighted by Gasteiger charge is 2.25. The number of carbonyl (C=O) groups is 1. The maximum absolute atomic E-state index is 11.8. The number of anilines is 1. The van der Waals surface area contributed by atoms with Gasteiger partial charge in [0.25, 0.3) is 5.91 Å². The molecule has 5 nitrogen and oxygen atoms in total. The number of aromatic nitrogens is 1. The van der Waals surface area contributed by atoms with Crippen LogP contribution in [0, 0.1) is 0 Å². The second kappa shape index (κ2) is 5.09. The molecule has 0 spiro atoms. The van der Waals surface area contributed by atoms with E-state index in [4.69, 9.17) is 16.3 Å². The SMILES string of the molecule is CN1CCOC(C(=O)Nc2ncc(Cl)s2)C1. The van der Waals surface area contributed by atoms with Crippen molar-refractivity contribution in [1.29, 1.82) is 0 Å². The molecule has 1 aliphatic heterocycles. The van der Waals surface area contributed by atoms with E-state index >= 15 is 0 Å². The third-order valence-electron chi connectivity index (χ3n) is 2.27. The predicted molar refractivity (Wildman–Crippen MR) is 63.0 cm³/mol. The van der Waals surface area contributed by atoms with Crippen LogP contribution in [-0.2, 0) is 9.53 Å². The minimum Gasteiger partial charge on any atom is -0.366 e. The molecule has 1 unspecified atom stereocenters. The van der Waals surface area contributed by atoms with Crippen LogP contribution in [0.1, 0.15) is 0 Å². The van der Waals surface area contributed by atoms with E-state index in [2.05, 4.69) is 15.2 Å². The Morgan fingerprint density at radius 2 is 2.62 bits per heavy atom. The monoisotopic (exact) mass is 261 g/mol. The largest absolute Gasteiger partial charge is 0.366 e. The Morgan fingerprint density at radius 3 is 3.25 bits per heavy atom. The molecule has 0 bridgehead atoms. The summed E-state index contributed by atoms with van der Waals surface area (Å²) in [5.41, 5.74) is 0. The number of nitrogens with zero attached hydrogens (tertiary/aromatic N) is 2. The van der Waals surface area contributed by atoms with Gasteiger partial charge in [0.2, 0.25) is 0 Å². The Morgan fingerprint density at radius 1 is 1.81 bits per heavy atom. The van der Waals surface area contributed by atoms with Crippen molar-refractivity contribution in [3.05, 3.63) is 10.5 Å². The fourth-order valence-corrected chi connectivity index (χ4v) is 2.25. The van der Waals surface area contributed by atoms with E-state index in [-0.39, 0.29) is 5.91 Å². The molecular weight excluding hydrogens is 250 g/mol. The van der Waals surface area contributed by atoms with E-state index in [9.17, 15) is 4.79 Å². The van der Waals surface area contributed by atoms with Crippen molar-refractivity contribution in [2.24, 2.45) is 0 Å². The molecule has 1 aliphatic rings. The lowest BCUT2D eigenvalue weighted by Crippen LogP contribution is -2.46. The number of likely N-dealkylation sites (N-methyl/N-ethyl adjacent to an activating group) is 1. The number of carbonyl (C=O) groups excluding carboxylic acids is 1. The lowest BCUT2D eigenvalue weighted by Gasteiger charge is -2.28. The van der Waals surface area contributed by atoms with Crippen LogP contribution in [0.15, 0.2) is 6.20 Å². The zero-order valence-electron chi connectivity index (χ0n) is 8.77. The van der Waals surface area contributed by atoms with Crippen molar-refractivity contribution in [2.75, 3.05) is 32.1 Å². The number of ether oxygens (including phenoxy) is 1. The van der Waals surface area contributed by atoms with Crippen LogP contribution in [0.3, 0.4) is 0 Å². The second-order valence-electron chi connectivity index (χ2n) is 3.58. The van der Waals surface area contributed by atoms with Crippen molar-refractivity contribution in [3.63, 3.8) is 0 Å². The highest BCUT2D eigenvalue weighted by atomic mass is 35.5. The van der Waals surface area contributed by atoms with Crippen LogP contribution in [0.25, 0.3) is 0 Å². The molecule has 1 amide bonds. The molecule has 0 aliphatic carbocycles. The first kappa shape index (κ1) is 11.8. The third kappa shape index (κ3) is 2.91. The molecule has 7 heteroatoms. The number of halogens is 1. The summed E-state index contributed by atoms with van der Waals surface area (Å²) in [6, 6.07) is 0. The van der Waals surface area contributed by atoms with E-state index in [0.717, 1.165) is 6.54 Å². The van der Waals surface area contributed by atoms with Gasteiger partial charge in [0.1, 0.15) is 10.4 Å². The van der Waals surface area contributed by atoms with Crippen LogP contribution in [0.4, 0.5) is 5.13 Å². The van der Waals surface area contributed by atoms with Gasteiger partial charge in [-0.3, -0.25) is 10.1 Å². The van der Waals surface area contributed by atoms with Crippen molar-refractivity contribution in [1.82, 2.24) is 9.88 Å². The Labute approximate surface area is 102 Å². The van der Waals surface area contributed by atoms with Gasteiger partial charge in [0, 0.05) is 13.1 Å². The van der Waals surface area contributed by atoms with Crippen LogP contribution >= 0.6 is 22.9 Å². The van der Waals surface area contributed by atoms with Gasteiger partial charge in [-0.05, 0) is 7.05 Å². The lowest BCUT2D eigenvalue weighted by molar-refractivity contribution is -0.132. The number of hydrogen-bond donors (Lipinski definition) is 1. The zero-order chi connectivity index (χ0) is 11.5. The number of morpholine rings is 1. The van der Waals surface area contributed by atoms with E-state index in [1.165, 1.54) is 17.5 Å². The van der Waals surface area contributed by atoms with E-state index in [1.54, 1.807) is 0 Å². The first-order valence-electron chi connectivity index (χ1n) is 4.87. The molecule has 1 aromatic rings. The van der Waals surface area contributed by atoms with Gasteiger partial charge in [-0.2, -0.15) is 0 Å². The van der Waals surface area contributed by atoms with Gasteiger partial charge >= 0.3 is 0 Å². The summed E-state index contributed by atoms with van der Waals surface area (Å²) in [6.45, 7) is 2.03. The van der Waals surface area contributed by atoms with E-state index in [1.807, 2.05) is 7.05 Å². The Balaban J connectivity index is 1.92. The highest BCUT2D eigenvalue weighted by molar-refractivity contribution is 7.19. The average molecular weight is 262 g/mol. The molecule has 0 saturated carbocycles. The number of thiazole rings is 1. The molecule has 1 saturated heterocycles. The van der Waals surface area contributed by atoms with Crippen molar-refractivity contribution in [2.45, 2.75) is 6.10 Å².